The number of aromatic nitrogens is 4. The summed E-state index contributed by atoms with van der Waals surface area (Å²) >= 11 is 0. The first-order valence-electron chi connectivity index (χ1n) is 6.51. The van der Waals surface area contributed by atoms with E-state index in [9.17, 15) is 0 Å². The summed E-state index contributed by atoms with van der Waals surface area (Å²) in [4.78, 5) is 8.62. The quantitative estimate of drug-likeness (QED) is 0.577. The van der Waals surface area contributed by atoms with Crippen molar-refractivity contribution in [1.82, 2.24) is 19.6 Å². The topological polar surface area (TPSA) is 55.1 Å². The van der Waals surface area contributed by atoms with E-state index in [4.69, 9.17) is 0 Å². The van der Waals surface area contributed by atoms with E-state index in [1.165, 1.54) is 0 Å². The molecule has 21 heavy (non-hydrogen) atoms. The SMILES string of the molecule is PNc1ncc2c(-c3ccc4ncccc4c3)ccn2n1. The Morgan fingerprint density at radius 1 is 1.10 bits per heavy atom. The average molecular weight is 293 g/mol. The van der Waals surface area contributed by atoms with Crippen LogP contribution in [0.1, 0.15) is 0 Å². The second-order valence-electron chi connectivity index (χ2n) is 4.70. The lowest BCUT2D eigenvalue weighted by molar-refractivity contribution is 0.918. The van der Waals surface area contributed by atoms with Gasteiger partial charge in [-0.3, -0.25) is 4.98 Å². The van der Waals surface area contributed by atoms with Crippen molar-refractivity contribution < 1.29 is 0 Å². The first kappa shape index (κ1) is 12.2. The fraction of sp³-hybridized carbons (Fsp3) is 0. The van der Waals surface area contributed by atoms with Gasteiger partial charge in [-0.2, -0.15) is 0 Å². The summed E-state index contributed by atoms with van der Waals surface area (Å²) in [5.74, 6) is 0.567. The van der Waals surface area contributed by atoms with Crippen molar-refractivity contribution in [2.75, 3.05) is 5.09 Å². The highest BCUT2D eigenvalue weighted by molar-refractivity contribution is 7.18. The number of nitrogens with zero attached hydrogens (tertiary/aromatic N) is 4. The highest BCUT2D eigenvalue weighted by Crippen LogP contribution is 2.27. The molecule has 6 heteroatoms. The zero-order valence-corrected chi connectivity index (χ0v) is 12.2. The van der Waals surface area contributed by atoms with E-state index in [-0.39, 0.29) is 0 Å². The van der Waals surface area contributed by atoms with Crippen molar-refractivity contribution in [3.8, 4) is 11.1 Å². The third kappa shape index (κ3) is 2.03. The Labute approximate surface area is 123 Å². The van der Waals surface area contributed by atoms with E-state index < -0.39 is 0 Å². The van der Waals surface area contributed by atoms with Gasteiger partial charge in [0, 0.05) is 23.3 Å². The van der Waals surface area contributed by atoms with E-state index in [0.717, 1.165) is 27.5 Å². The van der Waals surface area contributed by atoms with E-state index in [0.29, 0.717) is 5.95 Å². The first-order chi connectivity index (χ1) is 10.3. The van der Waals surface area contributed by atoms with Crippen molar-refractivity contribution in [3.05, 3.63) is 55.0 Å². The number of rotatable bonds is 2. The Morgan fingerprint density at radius 3 is 2.95 bits per heavy atom. The van der Waals surface area contributed by atoms with Crippen LogP contribution in [0.3, 0.4) is 0 Å². The summed E-state index contributed by atoms with van der Waals surface area (Å²) in [6.07, 6.45) is 5.56. The maximum atomic E-state index is 4.36. The fourth-order valence-electron chi connectivity index (χ4n) is 2.45. The molecule has 3 heterocycles. The molecule has 0 aliphatic heterocycles. The molecule has 0 radical (unpaired) electrons. The Balaban J connectivity index is 1.91. The molecule has 4 rings (SSSR count). The van der Waals surface area contributed by atoms with Gasteiger partial charge >= 0.3 is 0 Å². The Bertz CT molecular complexity index is 947. The normalized spacial score (nSPS) is 11.1. The van der Waals surface area contributed by atoms with Crippen LogP contribution in [0.5, 0.6) is 0 Å². The summed E-state index contributed by atoms with van der Waals surface area (Å²) in [5, 5.41) is 8.34. The third-order valence-corrected chi connectivity index (χ3v) is 3.72. The van der Waals surface area contributed by atoms with Gasteiger partial charge in [-0.25, -0.2) is 9.50 Å². The molecule has 0 saturated heterocycles. The molecule has 0 amide bonds. The van der Waals surface area contributed by atoms with E-state index >= 15 is 0 Å². The van der Waals surface area contributed by atoms with Crippen LogP contribution in [0.2, 0.25) is 0 Å². The van der Waals surface area contributed by atoms with Crippen LogP contribution in [-0.4, -0.2) is 19.6 Å². The molecule has 0 aliphatic carbocycles. The van der Waals surface area contributed by atoms with E-state index in [1.807, 2.05) is 35.1 Å². The van der Waals surface area contributed by atoms with Crippen LogP contribution in [-0.2, 0) is 0 Å². The third-order valence-electron chi connectivity index (χ3n) is 3.46. The molecule has 1 unspecified atom stereocenters. The van der Waals surface area contributed by atoms with Crippen molar-refractivity contribution in [1.29, 1.82) is 0 Å². The number of pyridine rings is 1. The van der Waals surface area contributed by atoms with Gasteiger partial charge in [0.15, 0.2) is 0 Å². The van der Waals surface area contributed by atoms with Crippen molar-refractivity contribution >= 4 is 31.8 Å². The van der Waals surface area contributed by atoms with Crippen molar-refractivity contribution in [2.24, 2.45) is 0 Å². The molecule has 0 saturated carbocycles. The van der Waals surface area contributed by atoms with E-state index in [2.05, 4.69) is 47.7 Å². The van der Waals surface area contributed by atoms with Crippen LogP contribution in [0.15, 0.2) is 55.0 Å². The van der Waals surface area contributed by atoms with Gasteiger partial charge in [0.2, 0.25) is 5.95 Å². The van der Waals surface area contributed by atoms with Gasteiger partial charge < -0.3 is 5.09 Å². The summed E-state index contributed by atoms with van der Waals surface area (Å²) in [6.45, 7) is 0. The standard InChI is InChI=1S/C15H12N5P/c21-19-15-17-9-14-12(5-7-20(14)18-15)10-3-4-13-11(8-10)2-1-6-16-13/h1-9H,21H2,(H,18,19). The second-order valence-corrected chi connectivity index (χ2v) is 4.98. The van der Waals surface area contributed by atoms with Crippen LogP contribution in [0.4, 0.5) is 5.95 Å². The molecule has 0 fully saturated rings. The molecule has 3 aromatic heterocycles. The molecule has 0 aliphatic rings. The van der Waals surface area contributed by atoms with Gasteiger partial charge in [-0.05, 0) is 39.2 Å². The Morgan fingerprint density at radius 2 is 2.05 bits per heavy atom. The van der Waals surface area contributed by atoms with Crippen molar-refractivity contribution in [2.45, 2.75) is 0 Å². The molecule has 1 atom stereocenters. The lowest BCUT2D eigenvalue weighted by atomic mass is 10.0. The van der Waals surface area contributed by atoms with Crippen molar-refractivity contribution in [3.63, 3.8) is 0 Å². The van der Waals surface area contributed by atoms with Gasteiger partial charge in [0.05, 0.1) is 17.2 Å². The van der Waals surface area contributed by atoms with Crippen LogP contribution >= 0.6 is 9.39 Å². The minimum atomic E-state index is 0.567. The molecular weight excluding hydrogens is 281 g/mol. The minimum absolute atomic E-state index is 0.567. The second kappa shape index (κ2) is 4.79. The summed E-state index contributed by atoms with van der Waals surface area (Å²) in [5.41, 5.74) is 4.21. The van der Waals surface area contributed by atoms with Gasteiger partial charge in [-0.15, -0.1) is 5.10 Å². The summed E-state index contributed by atoms with van der Waals surface area (Å²) < 4.78 is 1.82. The fourth-order valence-corrected chi connectivity index (χ4v) is 2.59. The Kier molecular flexibility index (Phi) is 2.79. The molecular formula is C15H12N5P. The maximum Gasteiger partial charge on any atom is 0.243 e. The van der Waals surface area contributed by atoms with Gasteiger partial charge in [-0.1, -0.05) is 12.1 Å². The molecule has 0 spiro atoms. The van der Waals surface area contributed by atoms with Gasteiger partial charge in [0.25, 0.3) is 0 Å². The maximum absolute atomic E-state index is 4.36. The molecule has 0 bridgehead atoms. The zero-order chi connectivity index (χ0) is 14.2. The van der Waals surface area contributed by atoms with Gasteiger partial charge in [0.1, 0.15) is 0 Å². The lowest BCUT2D eigenvalue weighted by Crippen LogP contribution is -1.97. The zero-order valence-electron chi connectivity index (χ0n) is 11.1. The average Bonchev–Trinajstić information content (AvgIpc) is 2.97. The molecule has 5 nitrogen and oxygen atoms in total. The number of fused-ring (bicyclic) bond motifs is 2. The largest absolute Gasteiger partial charge is 0.338 e. The first-order valence-corrected chi connectivity index (χ1v) is 7.09. The minimum Gasteiger partial charge on any atom is -0.338 e. The Hall–Kier alpha value is -2.52. The molecule has 102 valence electrons. The molecule has 1 aromatic carbocycles. The number of benzene rings is 1. The summed E-state index contributed by atoms with van der Waals surface area (Å²) in [7, 11) is 2.39. The van der Waals surface area contributed by atoms with E-state index in [1.54, 1.807) is 6.20 Å². The predicted molar refractivity (Wildman–Crippen MR) is 87.1 cm³/mol. The lowest BCUT2D eigenvalue weighted by Gasteiger charge is -2.03. The predicted octanol–water partition coefficient (Wildman–Crippen LogP) is 3.15. The van der Waals surface area contributed by atoms with Crippen LogP contribution < -0.4 is 5.09 Å². The molecule has 1 N–H and O–H groups in total. The number of hydrogen-bond donors (Lipinski definition) is 1. The molecule has 4 aromatic rings. The number of hydrogen-bond acceptors (Lipinski definition) is 4. The smallest absolute Gasteiger partial charge is 0.243 e. The van der Waals surface area contributed by atoms with Crippen LogP contribution in [0, 0.1) is 0 Å². The highest BCUT2D eigenvalue weighted by atomic mass is 31.0. The highest BCUT2D eigenvalue weighted by Gasteiger charge is 2.08. The number of anilines is 1. The summed E-state index contributed by atoms with van der Waals surface area (Å²) in [6, 6.07) is 12.3. The monoisotopic (exact) mass is 293 g/mol. The number of nitrogens with one attached hydrogen (secondary N) is 1. The van der Waals surface area contributed by atoms with Crippen LogP contribution in [0.25, 0.3) is 27.5 Å².